The number of carbonyl (C=O) groups excluding carboxylic acids is 1. The van der Waals surface area contributed by atoms with Gasteiger partial charge < -0.3 is 4.42 Å². The van der Waals surface area contributed by atoms with E-state index in [2.05, 4.69) is 26.5 Å². The normalized spacial score (nSPS) is 10.9. The Morgan fingerprint density at radius 2 is 1.96 bits per heavy atom. The largest absolute Gasteiger partial charge is 0.455 e. The minimum Gasteiger partial charge on any atom is -0.455 e. The van der Waals surface area contributed by atoms with Gasteiger partial charge in [-0.1, -0.05) is 28.1 Å². The number of nitrogens with zero attached hydrogens (tertiary/aromatic N) is 2. The first-order valence-electron chi connectivity index (χ1n) is 8.34. The van der Waals surface area contributed by atoms with E-state index in [4.69, 9.17) is 4.42 Å². The smallest absolute Gasteiger partial charge is 0.269 e. The maximum Gasteiger partial charge on any atom is 0.269 e. The van der Waals surface area contributed by atoms with E-state index in [1.165, 1.54) is 18.3 Å². The molecule has 1 aromatic heterocycles. The van der Waals surface area contributed by atoms with Crippen LogP contribution in [0.3, 0.4) is 0 Å². The van der Waals surface area contributed by atoms with Gasteiger partial charge in [-0.15, -0.1) is 0 Å². The van der Waals surface area contributed by atoms with E-state index in [-0.39, 0.29) is 18.0 Å². The molecule has 1 N–H and O–H groups in total. The average Bonchev–Trinajstić information content (AvgIpc) is 3.12. The molecule has 8 heteroatoms. The summed E-state index contributed by atoms with van der Waals surface area (Å²) in [5.41, 5.74) is 4.85. The molecule has 2 aromatic carbocycles. The summed E-state index contributed by atoms with van der Waals surface area (Å²) in [4.78, 5) is 22.3. The number of hydrazone groups is 1. The number of nitrogens with one attached hydrogen (secondary N) is 1. The standard InChI is InChI=1S/C20H16BrN3O4/c1-13-10-16(24(26)27)6-8-18(13)19-9-7-17(28-19)12-22-23-20(25)11-14-2-4-15(21)5-3-14/h2-10,12H,11H2,1H3,(H,23,25)/b22-12-. The van der Waals surface area contributed by atoms with E-state index in [9.17, 15) is 14.9 Å². The predicted molar refractivity (Wildman–Crippen MR) is 109 cm³/mol. The van der Waals surface area contributed by atoms with Gasteiger partial charge in [0.15, 0.2) is 0 Å². The molecule has 142 valence electrons. The summed E-state index contributed by atoms with van der Waals surface area (Å²) in [6.07, 6.45) is 1.62. The highest BCUT2D eigenvalue weighted by Gasteiger charge is 2.12. The summed E-state index contributed by atoms with van der Waals surface area (Å²) in [5, 5.41) is 14.7. The quantitative estimate of drug-likeness (QED) is 0.342. The summed E-state index contributed by atoms with van der Waals surface area (Å²) >= 11 is 3.35. The lowest BCUT2D eigenvalue weighted by Crippen LogP contribution is -2.19. The molecule has 0 saturated carbocycles. The Morgan fingerprint density at radius 1 is 1.21 bits per heavy atom. The van der Waals surface area contributed by atoms with E-state index in [0.29, 0.717) is 11.5 Å². The fourth-order valence-corrected chi connectivity index (χ4v) is 2.86. The Bertz CT molecular complexity index is 1040. The second-order valence-corrected chi connectivity index (χ2v) is 6.97. The van der Waals surface area contributed by atoms with Crippen LogP contribution in [0.5, 0.6) is 0 Å². The topological polar surface area (TPSA) is 97.7 Å². The van der Waals surface area contributed by atoms with Gasteiger partial charge in [-0.05, 0) is 48.4 Å². The van der Waals surface area contributed by atoms with Crippen molar-refractivity contribution in [3.63, 3.8) is 0 Å². The third kappa shape index (κ3) is 4.92. The van der Waals surface area contributed by atoms with Crippen molar-refractivity contribution in [3.05, 3.63) is 86.1 Å². The number of nitro benzene ring substituents is 1. The first-order valence-corrected chi connectivity index (χ1v) is 9.13. The lowest BCUT2D eigenvalue weighted by molar-refractivity contribution is -0.384. The van der Waals surface area contributed by atoms with E-state index < -0.39 is 4.92 Å². The average molecular weight is 442 g/mol. The number of nitro groups is 1. The Morgan fingerprint density at radius 3 is 2.64 bits per heavy atom. The van der Waals surface area contributed by atoms with E-state index in [0.717, 1.165) is 21.2 Å². The zero-order valence-electron chi connectivity index (χ0n) is 14.9. The maximum atomic E-state index is 11.9. The molecule has 0 fully saturated rings. The van der Waals surface area contributed by atoms with Gasteiger partial charge in [-0.3, -0.25) is 14.9 Å². The number of aryl methyl sites for hydroxylation is 1. The fraction of sp³-hybridized carbons (Fsp3) is 0.100. The predicted octanol–water partition coefficient (Wildman–Crippen LogP) is 4.62. The molecule has 3 rings (SSSR count). The Hall–Kier alpha value is -3.26. The van der Waals surface area contributed by atoms with Crippen LogP contribution in [-0.4, -0.2) is 17.0 Å². The number of furan rings is 1. The highest BCUT2D eigenvalue weighted by Crippen LogP contribution is 2.28. The molecule has 3 aromatic rings. The van der Waals surface area contributed by atoms with Gasteiger partial charge in [0.2, 0.25) is 5.91 Å². The Kier molecular flexibility index (Phi) is 6.00. The van der Waals surface area contributed by atoms with Crippen LogP contribution in [0.1, 0.15) is 16.9 Å². The van der Waals surface area contributed by atoms with Crippen molar-refractivity contribution < 1.29 is 14.1 Å². The summed E-state index contributed by atoms with van der Waals surface area (Å²) in [6, 6.07) is 15.5. The van der Waals surface area contributed by atoms with Crippen molar-refractivity contribution in [1.29, 1.82) is 0 Å². The molecule has 0 saturated heterocycles. The molecule has 1 heterocycles. The molecule has 0 radical (unpaired) electrons. The van der Waals surface area contributed by atoms with Crippen molar-refractivity contribution in [1.82, 2.24) is 5.43 Å². The van der Waals surface area contributed by atoms with Gasteiger partial charge >= 0.3 is 0 Å². The molecule has 1 amide bonds. The lowest BCUT2D eigenvalue weighted by Gasteiger charge is -2.02. The number of carbonyl (C=O) groups is 1. The minimum atomic E-state index is -0.437. The molecule has 0 aliphatic carbocycles. The number of hydrogen-bond acceptors (Lipinski definition) is 5. The summed E-state index contributed by atoms with van der Waals surface area (Å²) in [7, 11) is 0. The maximum absolute atomic E-state index is 11.9. The molecule has 0 aliphatic heterocycles. The van der Waals surface area contributed by atoms with Crippen LogP contribution in [0.25, 0.3) is 11.3 Å². The first-order chi connectivity index (χ1) is 13.4. The number of non-ortho nitro benzene ring substituents is 1. The Balaban J connectivity index is 1.62. The van der Waals surface area contributed by atoms with Gasteiger partial charge in [0, 0.05) is 22.2 Å². The van der Waals surface area contributed by atoms with E-state index in [1.807, 2.05) is 24.3 Å². The first kappa shape index (κ1) is 19.5. The Labute approximate surface area is 169 Å². The van der Waals surface area contributed by atoms with E-state index in [1.54, 1.807) is 25.1 Å². The number of halogens is 1. The molecule has 0 atom stereocenters. The number of benzene rings is 2. The van der Waals surface area contributed by atoms with Gasteiger partial charge in [-0.25, -0.2) is 5.43 Å². The third-order valence-corrected chi connectivity index (χ3v) is 4.50. The van der Waals surface area contributed by atoms with Crippen LogP contribution >= 0.6 is 15.9 Å². The van der Waals surface area contributed by atoms with Crippen LogP contribution in [0.15, 0.2) is 68.6 Å². The van der Waals surface area contributed by atoms with Gasteiger partial charge in [-0.2, -0.15) is 5.10 Å². The highest BCUT2D eigenvalue weighted by molar-refractivity contribution is 9.10. The molecule has 0 unspecified atom stereocenters. The van der Waals surface area contributed by atoms with Gasteiger partial charge in [0.1, 0.15) is 11.5 Å². The van der Waals surface area contributed by atoms with Crippen molar-refractivity contribution in [2.24, 2.45) is 5.10 Å². The summed E-state index contributed by atoms with van der Waals surface area (Å²) in [6.45, 7) is 1.78. The van der Waals surface area contributed by atoms with Crippen LogP contribution in [0, 0.1) is 17.0 Å². The second kappa shape index (κ2) is 8.62. The summed E-state index contributed by atoms with van der Waals surface area (Å²) < 4.78 is 6.64. The van der Waals surface area contributed by atoms with Crippen LogP contribution in [-0.2, 0) is 11.2 Å². The number of rotatable bonds is 6. The van der Waals surface area contributed by atoms with Crippen molar-refractivity contribution in [2.45, 2.75) is 13.3 Å². The SMILES string of the molecule is Cc1cc([N+](=O)[O-])ccc1-c1ccc(/C=N\NC(=O)Cc2ccc(Br)cc2)o1. The molecular weight excluding hydrogens is 426 g/mol. The molecular formula is C20H16BrN3O4. The zero-order chi connectivity index (χ0) is 20.1. The van der Waals surface area contributed by atoms with Gasteiger partial charge in [0.05, 0.1) is 17.6 Å². The third-order valence-electron chi connectivity index (χ3n) is 3.97. The molecule has 28 heavy (non-hydrogen) atoms. The van der Waals surface area contributed by atoms with Crippen LogP contribution < -0.4 is 5.43 Å². The van der Waals surface area contributed by atoms with E-state index >= 15 is 0 Å². The second-order valence-electron chi connectivity index (χ2n) is 6.05. The van der Waals surface area contributed by atoms with Crippen molar-refractivity contribution in [3.8, 4) is 11.3 Å². The van der Waals surface area contributed by atoms with Crippen molar-refractivity contribution >= 4 is 33.7 Å². The van der Waals surface area contributed by atoms with Gasteiger partial charge in [0.25, 0.3) is 5.69 Å². The number of amides is 1. The lowest BCUT2D eigenvalue weighted by atomic mass is 10.1. The van der Waals surface area contributed by atoms with Crippen LogP contribution in [0.2, 0.25) is 0 Å². The van der Waals surface area contributed by atoms with Crippen molar-refractivity contribution in [2.75, 3.05) is 0 Å². The molecule has 0 bridgehead atoms. The molecule has 7 nitrogen and oxygen atoms in total. The fourth-order valence-electron chi connectivity index (χ4n) is 2.60. The molecule has 0 spiro atoms. The monoisotopic (exact) mass is 441 g/mol. The molecule has 0 aliphatic rings. The summed E-state index contributed by atoms with van der Waals surface area (Å²) in [5.74, 6) is 0.781. The number of hydrogen-bond donors (Lipinski definition) is 1. The minimum absolute atomic E-state index is 0.0306. The zero-order valence-corrected chi connectivity index (χ0v) is 16.5. The highest BCUT2D eigenvalue weighted by atomic mass is 79.9. The van der Waals surface area contributed by atoms with Crippen LogP contribution in [0.4, 0.5) is 5.69 Å².